The van der Waals surface area contributed by atoms with Crippen molar-refractivity contribution in [2.24, 2.45) is 0 Å². The molecule has 0 aromatic heterocycles. The van der Waals surface area contributed by atoms with Gasteiger partial charge in [-0.05, 0) is 10.8 Å². The second kappa shape index (κ2) is 29.5. The van der Waals surface area contributed by atoms with E-state index < -0.39 is 0 Å². The van der Waals surface area contributed by atoms with E-state index in [0.717, 1.165) is 16.3 Å². The van der Waals surface area contributed by atoms with Crippen molar-refractivity contribution in [1.82, 2.24) is 0 Å². The third-order valence-corrected chi connectivity index (χ3v) is 2.41. The van der Waals surface area contributed by atoms with Gasteiger partial charge in [0.05, 0.1) is 0 Å². The van der Waals surface area contributed by atoms with Crippen LogP contribution in [0.4, 0.5) is 0 Å². The Morgan fingerprint density at radius 1 is 0.760 bits per heavy atom. The SMILES string of the molecule is CC.CC.CC.CCC.CCC(=O)c1cccc2ccccc12.[Ar].[Y]. The van der Waals surface area contributed by atoms with Gasteiger partial charge in [0.2, 0.25) is 0 Å². The minimum absolute atomic E-state index is 0. The van der Waals surface area contributed by atoms with Crippen LogP contribution in [0.2, 0.25) is 0 Å². The van der Waals surface area contributed by atoms with Gasteiger partial charge in [-0.1, -0.05) is 111 Å². The first-order valence-corrected chi connectivity index (χ1v) is 9.25. The number of carbonyl (C=O) groups is 1. The third-order valence-electron chi connectivity index (χ3n) is 2.41. The Labute approximate surface area is 212 Å². The first-order chi connectivity index (χ1) is 11.2. The summed E-state index contributed by atoms with van der Waals surface area (Å²) in [5.74, 6) is 0.210. The Morgan fingerprint density at radius 3 is 1.60 bits per heavy atom. The number of rotatable bonds is 2. The number of benzene rings is 2. The monoisotopic (exact) mass is 447 g/mol. The number of hydrogen-bond acceptors (Lipinski definition) is 1. The fraction of sp³-hybridized carbons (Fsp3) is 0.500. The zero-order valence-corrected chi connectivity index (χ0v) is 21.3. The average molecular weight is 447 g/mol. The quantitative estimate of drug-likeness (QED) is 0.427. The van der Waals surface area contributed by atoms with Crippen molar-refractivity contribution in [3.05, 3.63) is 48.0 Å². The van der Waals surface area contributed by atoms with Gasteiger partial charge in [-0.2, -0.15) is 0 Å². The topological polar surface area (TPSA) is 17.1 Å². The molecule has 0 saturated carbocycles. The van der Waals surface area contributed by atoms with Gasteiger partial charge in [-0.3, -0.25) is 4.79 Å². The maximum atomic E-state index is 11.6. The second-order valence-corrected chi connectivity index (χ2v) is 4.01. The molecule has 0 amide bonds. The number of Topliss-reactive ketones (excluding diaryl/α,β-unsaturated/α-hetero) is 1. The molecule has 0 aliphatic rings. The molecule has 25 heavy (non-hydrogen) atoms. The summed E-state index contributed by atoms with van der Waals surface area (Å²) in [6.07, 6.45) is 1.81. The van der Waals surface area contributed by atoms with Crippen LogP contribution in [0.15, 0.2) is 42.5 Å². The number of ketones is 1. The maximum absolute atomic E-state index is 11.6. The fourth-order valence-electron chi connectivity index (χ4n) is 1.66. The molecule has 3 heteroatoms. The molecular weight excluding hydrogens is 409 g/mol. The molecule has 0 atom stereocenters. The molecule has 0 bridgehead atoms. The molecular formula is C22H38ArOY. The van der Waals surface area contributed by atoms with Gasteiger partial charge in [0.25, 0.3) is 0 Å². The van der Waals surface area contributed by atoms with Gasteiger partial charge in [-0.15, -0.1) is 0 Å². The Kier molecular flexibility index (Phi) is 43.2. The Hall–Kier alpha value is 0.734. The molecule has 2 aromatic carbocycles. The van der Waals surface area contributed by atoms with Gasteiger partial charge in [0, 0.05) is 82.4 Å². The molecule has 0 fully saturated rings. The van der Waals surface area contributed by atoms with E-state index in [1.807, 2.05) is 90.9 Å². The minimum atomic E-state index is 0. The standard InChI is InChI=1S/C13H12O.C3H8.3C2H6.Ar.Y/c1-2-13(14)12-9-5-7-10-6-3-4-8-11(10)12;1-3-2;3*1-2;;/h3-9H,2H2,1H3;3H2,1-2H3;3*1-2H3;;. The Morgan fingerprint density at radius 2 is 1.16 bits per heavy atom. The number of fused-ring (bicyclic) bond motifs is 1. The molecule has 1 nitrogen and oxygen atoms in total. The van der Waals surface area contributed by atoms with Crippen LogP contribution in [-0.2, 0) is 32.7 Å². The predicted molar refractivity (Wildman–Crippen MR) is 109 cm³/mol. The molecule has 0 N–H and O–H groups in total. The van der Waals surface area contributed by atoms with Gasteiger partial charge in [-0.25, -0.2) is 0 Å². The number of carbonyl (C=O) groups excluding carboxylic acids is 1. The van der Waals surface area contributed by atoms with E-state index in [9.17, 15) is 4.79 Å². The Bertz CT molecular complexity index is 493. The van der Waals surface area contributed by atoms with E-state index in [1.165, 1.54) is 6.42 Å². The zero-order chi connectivity index (χ0) is 18.7. The maximum Gasteiger partial charge on any atom is 0.163 e. The van der Waals surface area contributed by atoms with Crippen molar-refractivity contribution in [2.45, 2.75) is 75.2 Å². The Balaban J connectivity index is -0.000000106. The molecule has 0 heterocycles. The van der Waals surface area contributed by atoms with Crippen LogP contribution in [0.5, 0.6) is 0 Å². The molecule has 2 rings (SSSR count). The predicted octanol–water partition coefficient (Wildman–Crippen LogP) is 7.92. The largest absolute Gasteiger partial charge is 0.294 e. The van der Waals surface area contributed by atoms with Crippen LogP contribution in [0, 0.1) is 37.7 Å². The summed E-state index contributed by atoms with van der Waals surface area (Å²) in [4.78, 5) is 11.6. The van der Waals surface area contributed by atoms with Crippen molar-refractivity contribution >= 4 is 16.6 Å². The average Bonchev–Trinajstić information content (AvgIpc) is 2.66. The fourth-order valence-corrected chi connectivity index (χ4v) is 1.66. The van der Waals surface area contributed by atoms with Gasteiger partial charge in [0.15, 0.2) is 5.78 Å². The van der Waals surface area contributed by atoms with E-state index >= 15 is 0 Å². The van der Waals surface area contributed by atoms with Gasteiger partial charge in [0.1, 0.15) is 0 Å². The summed E-state index contributed by atoms with van der Waals surface area (Å²) in [6, 6.07) is 13.8. The van der Waals surface area contributed by atoms with Crippen molar-refractivity contribution in [3.63, 3.8) is 0 Å². The van der Waals surface area contributed by atoms with E-state index in [0.29, 0.717) is 6.42 Å². The summed E-state index contributed by atoms with van der Waals surface area (Å²) in [5.41, 5.74) is 0.839. The van der Waals surface area contributed by atoms with Crippen molar-refractivity contribution in [3.8, 4) is 0 Å². The minimum Gasteiger partial charge on any atom is -0.294 e. The van der Waals surface area contributed by atoms with E-state index in [-0.39, 0.29) is 76.2 Å². The van der Waals surface area contributed by atoms with Crippen LogP contribution in [0.1, 0.15) is 85.5 Å². The van der Waals surface area contributed by atoms with E-state index in [4.69, 9.17) is 0 Å². The van der Waals surface area contributed by atoms with Crippen molar-refractivity contribution in [2.75, 3.05) is 0 Å². The molecule has 2 aromatic rings. The smallest absolute Gasteiger partial charge is 0.163 e. The molecule has 0 spiro atoms. The first-order valence-electron chi connectivity index (χ1n) is 9.25. The van der Waals surface area contributed by atoms with Crippen molar-refractivity contribution < 1.29 is 75.2 Å². The molecule has 1 radical (unpaired) electrons. The number of hydrogen-bond donors (Lipinski definition) is 0. The van der Waals surface area contributed by atoms with Gasteiger partial charge >= 0.3 is 0 Å². The second-order valence-electron chi connectivity index (χ2n) is 4.01. The molecule has 0 aliphatic heterocycles. The zero-order valence-electron chi connectivity index (χ0n) is 17.8. The van der Waals surface area contributed by atoms with E-state index in [2.05, 4.69) is 13.8 Å². The molecule has 0 aliphatic carbocycles. The van der Waals surface area contributed by atoms with Crippen LogP contribution in [0.25, 0.3) is 10.8 Å². The summed E-state index contributed by atoms with van der Waals surface area (Å²) in [7, 11) is 0. The molecule has 143 valence electrons. The summed E-state index contributed by atoms with van der Waals surface area (Å²) < 4.78 is 0. The van der Waals surface area contributed by atoms with Crippen LogP contribution < -0.4 is 0 Å². The third kappa shape index (κ3) is 16.6. The van der Waals surface area contributed by atoms with Crippen LogP contribution >= 0.6 is 0 Å². The van der Waals surface area contributed by atoms with Crippen molar-refractivity contribution in [1.29, 1.82) is 0 Å². The normalized spacial score (nSPS) is 7.24. The summed E-state index contributed by atoms with van der Waals surface area (Å²) in [6.45, 7) is 18.1. The van der Waals surface area contributed by atoms with Gasteiger partial charge < -0.3 is 0 Å². The molecule has 0 saturated heterocycles. The molecule has 0 unspecified atom stereocenters. The van der Waals surface area contributed by atoms with E-state index in [1.54, 1.807) is 0 Å². The summed E-state index contributed by atoms with van der Waals surface area (Å²) >= 11 is 0. The van der Waals surface area contributed by atoms with Crippen LogP contribution in [-0.4, -0.2) is 5.78 Å². The van der Waals surface area contributed by atoms with Crippen LogP contribution in [0.3, 0.4) is 0 Å². The summed E-state index contributed by atoms with van der Waals surface area (Å²) in [5, 5.41) is 2.19. The first kappa shape index (κ1) is 36.6.